The third-order valence-corrected chi connectivity index (χ3v) is 5.54. The van der Waals surface area contributed by atoms with Crippen LogP contribution in [0.1, 0.15) is 18.4 Å². The van der Waals surface area contributed by atoms with E-state index in [1.54, 1.807) is 12.1 Å². The second kappa shape index (κ2) is 9.22. The largest absolute Gasteiger partial charge is 0.354 e. The normalized spacial score (nSPS) is 16.3. The number of rotatable bonds is 5. The summed E-state index contributed by atoms with van der Waals surface area (Å²) in [5.74, 6) is 0.420. The molecule has 1 atom stereocenters. The van der Waals surface area contributed by atoms with Crippen molar-refractivity contribution in [2.24, 2.45) is 5.92 Å². The van der Waals surface area contributed by atoms with Crippen molar-refractivity contribution in [2.45, 2.75) is 19.4 Å². The Morgan fingerprint density at radius 1 is 1.07 bits per heavy atom. The summed E-state index contributed by atoms with van der Waals surface area (Å²) >= 11 is 5.90. The van der Waals surface area contributed by atoms with Crippen LogP contribution in [0, 0.1) is 11.7 Å². The highest BCUT2D eigenvalue weighted by Gasteiger charge is 2.26. The van der Waals surface area contributed by atoms with Crippen LogP contribution in [0.15, 0.2) is 60.7 Å². The molecule has 1 saturated heterocycles. The number of halogens is 2. The van der Waals surface area contributed by atoms with Gasteiger partial charge in [0.05, 0.1) is 11.6 Å². The highest BCUT2D eigenvalue weighted by atomic mass is 35.5. The number of nitrogens with zero attached hydrogens (tertiary/aromatic N) is 3. The maximum atomic E-state index is 13.1. The van der Waals surface area contributed by atoms with Gasteiger partial charge in [-0.3, -0.25) is 4.79 Å². The SMILES string of the molecule is O=C(NCc1ccc(Cl)cc1)[C@@H]1CCCN(c2ccc(-c3ccc(F)cc3)nn2)C1. The first-order valence-corrected chi connectivity index (χ1v) is 10.3. The quantitative estimate of drug-likeness (QED) is 0.656. The van der Waals surface area contributed by atoms with Gasteiger partial charge in [0.1, 0.15) is 5.82 Å². The van der Waals surface area contributed by atoms with Gasteiger partial charge in [0.25, 0.3) is 0 Å². The van der Waals surface area contributed by atoms with Crippen molar-refractivity contribution >= 4 is 23.3 Å². The first kappa shape index (κ1) is 20.3. The Hall–Kier alpha value is -2.99. The number of carbonyl (C=O) groups is 1. The van der Waals surface area contributed by atoms with E-state index in [4.69, 9.17) is 11.6 Å². The topological polar surface area (TPSA) is 58.1 Å². The fraction of sp³-hybridized carbons (Fsp3) is 0.261. The maximum absolute atomic E-state index is 13.1. The van der Waals surface area contributed by atoms with Crippen LogP contribution >= 0.6 is 11.6 Å². The second-order valence-electron chi connectivity index (χ2n) is 7.41. The molecule has 1 aliphatic rings. The van der Waals surface area contributed by atoms with E-state index in [2.05, 4.69) is 20.4 Å². The average molecular weight is 425 g/mol. The van der Waals surface area contributed by atoms with Gasteiger partial charge >= 0.3 is 0 Å². The predicted octanol–water partition coefficient (Wildman–Crippen LogP) is 4.47. The highest BCUT2D eigenvalue weighted by Crippen LogP contribution is 2.24. The number of carbonyl (C=O) groups excluding carboxylic acids is 1. The number of amides is 1. The molecule has 0 bridgehead atoms. The van der Waals surface area contributed by atoms with Crippen molar-refractivity contribution in [1.82, 2.24) is 15.5 Å². The van der Waals surface area contributed by atoms with E-state index in [9.17, 15) is 9.18 Å². The van der Waals surface area contributed by atoms with Gasteiger partial charge in [0, 0.05) is 30.2 Å². The molecule has 0 saturated carbocycles. The molecule has 2 heterocycles. The van der Waals surface area contributed by atoms with Crippen molar-refractivity contribution < 1.29 is 9.18 Å². The molecule has 7 heteroatoms. The Bertz CT molecular complexity index is 993. The number of anilines is 1. The molecule has 0 radical (unpaired) electrons. The Morgan fingerprint density at radius 3 is 2.53 bits per heavy atom. The summed E-state index contributed by atoms with van der Waals surface area (Å²) in [7, 11) is 0. The van der Waals surface area contributed by atoms with Crippen LogP contribution in [0.4, 0.5) is 10.2 Å². The van der Waals surface area contributed by atoms with E-state index in [1.807, 2.05) is 36.4 Å². The van der Waals surface area contributed by atoms with Crippen LogP contribution in [0.5, 0.6) is 0 Å². The number of hydrogen-bond donors (Lipinski definition) is 1. The molecule has 1 fully saturated rings. The van der Waals surface area contributed by atoms with Crippen molar-refractivity contribution in [2.75, 3.05) is 18.0 Å². The van der Waals surface area contributed by atoms with Gasteiger partial charge in [-0.1, -0.05) is 23.7 Å². The highest BCUT2D eigenvalue weighted by molar-refractivity contribution is 6.30. The molecule has 154 valence electrons. The molecular formula is C23H22ClFN4O. The zero-order valence-corrected chi connectivity index (χ0v) is 17.1. The molecule has 4 rings (SSSR count). The molecule has 1 amide bonds. The van der Waals surface area contributed by atoms with Crippen LogP contribution in [0.2, 0.25) is 5.02 Å². The molecule has 0 aliphatic carbocycles. The summed E-state index contributed by atoms with van der Waals surface area (Å²) < 4.78 is 13.1. The molecule has 2 aromatic carbocycles. The van der Waals surface area contributed by atoms with Crippen LogP contribution in [-0.4, -0.2) is 29.2 Å². The Kier molecular flexibility index (Phi) is 6.23. The number of hydrogen-bond acceptors (Lipinski definition) is 4. The lowest BCUT2D eigenvalue weighted by molar-refractivity contribution is -0.125. The molecule has 0 unspecified atom stereocenters. The van der Waals surface area contributed by atoms with E-state index >= 15 is 0 Å². The fourth-order valence-electron chi connectivity index (χ4n) is 3.60. The van der Waals surface area contributed by atoms with Crippen molar-refractivity contribution in [3.8, 4) is 11.3 Å². The zero-order valence-electron chi connectivity index (χ0n) is 16.4. The molecule has 1 N–H and O–H groups in total. The number of piperidine rings is 1. The van der Waals surface area contributed by atoms with Crippen molar-refractivity contribution in [1.29, 1.82) is 0 Å². The molecule has 0 spiro atoms. The van der Waals surface area contributed by atoms with Crippen LogP contribution in [0.25, 0.3) is 11.3 Å². The summed E-state index contributed by atoms with van der Waals surface area (Å²) in [6, 6.07) is 17.4. The lowest BCUT2D eigenvalue weighted by Gasteiger charge is -2.32. The first-order chi connectivity index (χ1) is 14.6. The van der Waals surface area contributed by atoms with Gasteiger partial charge in [0.15, 0.2) is 5.82 Å². The summed E-state index contributed by atoms with van der Waals surface area (Å²) in [6.07, 6.45) is 1.77. The van der Waals surface area contributed by atoms with Crippen molar-refractivity contribution in [3.05, 3.63) is 77.1 Å². The van der Waals surface area contributed by atoms with Gasteiger partial charge in [0.2, 0.25) is 5.91 Å². The Labute approximate surface area is 179 Å². The van der Waals surface area contributed by atoms with Gasteiger partial charge < -0.3 is 10.2 Å². The minimum Gasteiger partial charge on any atom is -0.354 e. The van der Waals surface area contributed by atoms with Crippen LogP contribution in [-0.2, 0) is 11.3 Å². The molecule has 3 aromatic rings. The maximum Gasteiger partial charge on any atom is 0.225 e. The molecular weight excluding hydrogens is 403 g/mol. The third kappa shape index (κ3) is 4.94. The van der Waals surface area contributed by atoms with Gasteiger partial charge in [-0.05, 0) is 66.9 Å². The second-order valence-corrected chi connectivity index (χ2v) is 7.85. The summed E-state index contributed by atoms with van der Waals surface area (Å²) in [5.41, 5.74) is 2.52. The minimum atomic E-state index is -0.281. The lowest BCUT2D eigenvalue weighted by atomic mass is 9.97. The van der Waals surface area contributed by atoms with Crippen molar-refractivity contribution in [3.63, 3.8) is 0 Å². The summed E-state index contributed by atoms with van der Waals surface area (Å²) in [4.78, 5) is 14.7. The van der Waals surface area contributed by atoms with Gasteiger partial charge in [-0.2, -0.15) is 0 Å². The van der Waals surface area contributed by atoms with Gasteiger partial charge in [-0.25, -0.2) is 4.39 Å². The smallest absolute Gasteiger partial charge is 0.225 e. The number of nitrogens with one attached hydrogen (secondary N) is 1. The predicted molar refractivity (Wildman–Crippen MR) is 116 cm³/mol. The van der Waals surface area contributed by atoms with Gasteiger partial charge in [-0.15, -0.1) is 10.2 Å². The standard InChI is InChI=1S/C23H22ClFN4O/c24-19-7-3-16(4-8-19)14-26-23(30)18-2-1-13-29(15-18)22-12-11-21(27-28-22)17-5-9-20(25)10-6-17/h3-12,18H,1-2,13-15H2,(H,26,30)/t18-/m1/s1. The van der Waals surface area contributed by atoms with Crippen LogP contribution in [0.3, 0.4) is 0 Å². The molecule has 1 aliphatic heterocycles. The average Bonchev–Trinajstić information content (AvgIpc) is 2.79. The zero-order chi connectivity index (χ0) is 20.9. The van der Waals surface area contributed by atoms with E-state index in [0.717, 1.165) is 36.3 Å². The monoisotopic (exact) mass is 424 g/mol. The fourth-order valence-corrected chi connectivity index (χ4v) is 3.73. The summed E-state index contributed by atoms with van der Waals surface area (Å²) in [5, 5.41) is 12.3. The first-order valence-electron chi connectivity index (χ1n) is 9.95. The van der Waals surface area contributed by atoms with E-state index in [1.165, 1.54) is 12.1 Å². The summed E-state index contributed by atoms with van der Waals surface area (Å²) in [6.45, 7) is 1.93. The van der Waals surface area contributed by atoms with Crippen LogP contribution < -0.4 is 10.2 Å². The van der Waals surface area contributed by atoms with E-state index in [0.29, 0.717) is 23.8 Å². The molecule has 1 aromatic heterocycles. The Balaban J connectivity index is 1.36. The Morgan fingerprint density at radius 2 is 1.83 bits per heavy atom. The third-order valence-electron chi connectivity index (χ3n) is 5.29. The number of benzene rings is 2. The molecule has 5 nitrogen and oxygen atoms in total. The minimum absolute atomic E-state index is 0.0468. The molecule has 30 heavy (non-hydrogen) atoms. The lowest BCUT2D eigenvalue weighted by Crippen LogP contribution is -2.43. The van der Waals surface area contributed by atoms with E-state index in [-0.39, 0.29) is 17.6 Å². The van der Waals surface area contributed by atoms with E-state index < -0.39 is 0 Å². The number of aromatic nitrogens is 2.